The van der Waals surface area contributed by atoms with Gasteiger partial charge in [-0.1, -0.05) is 6.07 Å². The second-order valence-corrected chi connectivity index (χ2v) is 4.68. The predicted octanol–water partition coefficient (Wildman–Crippen LogP) is 1.74. The molecule has 0 spiro atoms. The molecule has 0 aromatic heterocycles. The lowest BCUT2D eigenvalue weighted by atomic mass is 10.1. The molecule has 0 aliphatic carbocycles. The summed E-state index contributed by atoms with van der Waals surface area (Å²) in [5.74, 6) is 0.645. The van der Waals surface area contributed by atoms with Crippen molar-refractivity contribution in [2.45, 2.75) is 19.4 Å². The number of methoxy groups -OCH3 is 1. The van der Waals surface area contributed by atoms with E-state index in [1.54, 1.807) is 7.11 Å². The molecule has 20 heavy (non-hydrogen) atoms. The molecule has 1 aliphatic heterocycles. The molecule has 1 atom stereocenters. The standard InChI is InChI=1S/C14H20N2O3.ClH/c1-10-3-4-12(13(7-10)18-2)16-14(17)8-11-9-19-6-5-15-11;/h3-4,7,11,15H,5-6,8-9H2,1-2H3,(H,16,17);1H. The van der Waals surface area contributed by atoms with Gasteiger partial charge < -0.3 is 20.1 Å². The number of hydrogen-bond donors (Lipinski definition) is 2. The zero-order chi connectivity index (χ0) is 13.7. The maximum Gasteiger partial charge on any atom is 0.226 e. The summed E-state index contributed by atoms with van der Waals surface area (Å²) in [6.45, 7) is 4.07. The van der Waals surface area contributed by atoms with Gasteiger partial charge in [0.15, 0.2) is 0 Å². The normalized spacial score (nSPS) is 18.0. The van der Waals surface area contributed by atoms with Gasteiger partial charge in [0.05, 0.1) is 26.0 Å². The molecular formula is C14H21ClN2O3. The van der Waals surface area contributed by atoms with Crippen molar-refractivity contribution in [3.05, 3.63) is 23.8 Å². The van der Waals surface area contributed by atoms with Crippen LogP contribution in [-0.2, 0) is 9.53 Å². The molecule has 1 aromatic rings. The smallest absolute Gasteiger partial charge is 0.226 e. The topological polar surface area (TPSA) is 59.6 Å². The molecular weight excluding hydrogens is 280 g/mol. The summed E-state index contributed by atoms with van der Waals surface area (Å²) in [5.41, 5.74) is 1.80. The molecule has 2 N–H and O–H groups in total. The van der Waals surface area contributed by atoms with Crippen molar-refractivity contribution in [2.24, 2.45) is 0 Å². The molecule has 2 rings (SSSR count). The van der Waals surface area contributed by atoms with Crippen LogP contribution >= 0.6 is 12.4 Å². The third-order valence-corrected chi connectivity index (χ3v) is 3.06. The average Bonchev–Trinajstić information content (AvgIpc) is 2.42. The summed E-state index contributed by atoms with van der Waals surface area (Å²) in [6, 6.07) is 5.79. The van der Waals surface area contributed by atoms with Gasteiger partial charge in [0, 0.05) is 19.0 Å². The van der Waals surface area contributed by atoms with Crippen molar-refractivity contribution in [1.82, 2.24) is 5.32 Å². The highest BCUT2D eigenvalue weighted by Gasteiger charge is 2.17. The Morgan fingerprint density at radius 3 is 3.00 bits per heavy atom. The van der Waals surface area contributed by atoms with Crippen LogP contribution in [0.1, 0.15) is 12.0 Å². The highest BCUT2D eigenvalue weighted by Crippen LogP contribution is 2.25. The number of rotatable bonds is 4. The maximum absolute atomic E-state index is 12.0. The number of morpholine rings is 1. The first-order valence-electron chi connectivity index (χ1n) is 6.44. The second kappa shape index (κ2) is 8.09. The first kappa shape index (κ1) is 16.8. The van der Waals surface area contributed by atoms with Crippen molar-refractivity contribution < 1.29 is 14.3 Å². The lowest BCUT2D eigenvalue weighted by Crippen LogP contribution is -2.43. The Labute approximate surface area is 125 Å². The first-order valence-corrected chi connectivity index (χ1v) is 6.44. The minimum atomic E-state index is -0.0369. The van der Waals surface area contributed by atoms with Crippen LogP contribution in [-0.4, -0.2) is 38.8 Å². The zero-order valence-electron chi connectivity index (χ0n) is 11.8. The molecule has 1 heterocycles. The van der Waals surface area contributed by atoms with Crippen LogP contribution in [0.2, 0.25) is 0 Å². The number of ether oxygens (including phenoxy) is 2. The Hall–Kier alpha value is -1.30. The molecule has 0 bridgehead atoms. The molecule has 0 saturated carbocycles. The van der Waals surface area contributed by atoms with E-state index in [-0.39, 0.29) is 24.4 Å². The van der Waals surface area contributed by atoms with Crippen LogP contribution < -0.4 is 15.4 Å². The lowest BCUT2D eigenvalue weighted by molar-refractivity contribution is -0.117. The van der Waals surface area contributed by atoms with Crippen molar-refractivity contribution in [3.63, 3.8) is 0 Å². The summed E-state index contributed by atoms with van der Waals surface area (Å²) in [5, 5.41) is 6.13. The minimum absolute atomic E-state index is 0. The Morgan fingerprint density at radius 1 is 1.55 bits per heavy atom. The monoisotopic (exact) mass is 300 g/mol. The van der Waals surface area contributed by atoms with Gasteiger partial charge in [-0.05, 0) is 24.6 Å². The van der Waals surface area contributed by atoms with Gasteiger partial charge in [-0.3, -0.25) is 4.79 Å². The van der Waals surface area contributed by atoms with Crippen LogP contribution in [0.4, 0.5) is 5.69 Å². The quantitative estimate of drug-likeness (QED) is 0.889. The molecule has 1 aromatic carbocycles. The van der Waals surface area contributed by atoms with E-state index < -0.39 is 0 Å². The maximum atomic E-state index is 12.0. The molecule has 0 radical (unpaired) electrons. The van der Waals surface area contributed by atoms with Gasteiger partial charge >= 0.3 is 0 Å². The van der Waals surface area contributed by atoms with Crippen molar-refractivity contribution in [1.29, 1.82) is 0 Å². The number of amides is 1. The van der Waals surface area contributed by atoms with Crippen LogP contribution in [0.15, 0.2) is 18.2 Å². The minimum Gasteiger partial charge on any atom is -0.495 e. The van der Waals surface area contributed by atoms with Gasteiger partial charge in [-0.25, -0.2) is 0 Å². The highest BCUT2D eigenvalue weighted by molar-refractivity contribution is 5.92. The highest BCUT2D eigenvalue weighted by atomic mass is 35.5. The first-order chi connectivity index (χ1) is 9.19. The van der Waals surface area contributed by atoms with Crippen molar-refractivity contribution in [3.8, 4) is 5.75 Å². The van der Waals surface area contributed by atoms with E-state index in [0.717, 1.165) is 12.1 Å². The largest absolute Gasteiger partial charge is 0.495 e. The van der Waals surface area contributed by atoms with Gasteiger partial charge in [0.25, 0.3) is 0 Å². The Kier molecular flexibility index (Phi) is 6.78. The van der Waals surface area contributed by atoms with Crippen LogP contribution in [0.25, 0.3) is 0 Å². The molecule has 1 amide bonds. The van der Waals surface area contributed by atoms with Crippen LogP contribution in [0.5, 0.6) is 5.75 Å². The zero-order valence-corrected chi connectivity index (χ0v) is 12.6. The molecule has 1 fully saturated rings. The Balaban J connectivity index is 0.00000200. The summed E-state index contributed by atoms with van der Waals surface area (Å²) >= 11 is 0. The van der Waals surface area contributed by atoms with Gasteiger partial charge in [0.1, 0.15) is 5.75 Å². The fourth-order valence-corrected chi connectivity index (χ4v) is 2.08. The Morgan fingerprint density at radius 2 is 2.35 bits per heavy atom. The SMILES string of the molecule is COc1cc(C)ccc1NC(=O)CC1COCCN1.Cl. The molecule has 6 heteroatoms. The van der Waals surface area contributed by atoms with Crippen LogP contribution in [0.3, 0.4) is 0 Å². The molecule has 1 saturated heterocycles. The number of nitrogens with one attached hydrogen (secondary N) is 2. The van der Waals surface area contributed by atoms with E-state index in [4.69, 9.17) is 9.47 Å². The average molecular weight is 301 g/mol. The van der Waals surface area contributed by atoms with E-state index in [0.29, 0.717) is 31.1 Å². The molecule has 5 nitrogen and oxygen atoms in total. The Bertz CT molecular complexity index is 448. The van der Waals surface area contributed by atoms with Crippen molar-refractivity contribution in [2.75, 3.05) is 32.2 Å². The summed E-state index contributed by atoms with van der Waals surface area (Å²) in [7, 11) is 1.60. The molecule has 112 valence electrons. The van der Waals surface area contributed by atoms with Gasteiger partial charge in [0.2, 0.25) is 5.91 Å². The van der Waals surface area contributed by atoms with Gasteiger partial charge in [-0.15, -0.1) is 12.4 Å². The predicted molar refractivity (Wildman–Crippen MR) is 80.8 cm³/mol. The number of carbonyl (C=O) groups is 1. The fraction of sp³-hybridized carbons (Fsp3) is 0.500. The number of hydrogen-bond acceptors (Lipinski definition) is 4. The van der Waals surface area contributed by atoms with Gasteiger partial charge in [-0.2, -0.15) is 0 Å². The second-order valence-electron chi connectivity index (χ2n) is 4.68. The third-order valence-electron chi connectivity index (χ3n) is 3.06. The van der Waals surface area contributed by atoms with E-state index in [2.05, 4.69) is 10.6 Å². The molecule has 1 aliphatic rings. The summed E-state index contributed by atoms with van der Waals surface area (Å²) in [6.07, 6.45) is 0.400. The van der Waals surface area contributed by atoms with E-state index >= 15 is 0 Å². The lowest BCUT2D eigenvalue weighted by Gasteiger charge is -2.23. The number of anilines is 1. The van der Waals surface area contributed by atoms with Crippen LogP contribution in [0, 0.1) is 6.92 Å². The van der Waals surface area contributed by atoms with E-state index in [9.17, 15) is 4.79 Å². The molecule has 1 unspecified atom stereocenters. The van der Waals surface area contributed by atoms with E-state index in [1.165, 1.54) is 0 Å². The fourth-order valence-electron chi connectivity index (χ4n) is 2.08. The number of carbonyl (C=O) groups excluding carboxylic acids is 1. The number of halogens is 1. The van der Waals surface area contributed by atoms with E-state index in [1.807, 2.05) is 25.1 Å². The summed E-state index contributed by atoms with van der Waals surface area (Å²) in [4.78, 5) is 12.0. The number of aryl methyl sites for hydroxylation is 1. The van der Waals surface area contributed by atoms with Crippen molar-refractivity contribution >= 4 is 24.0 Å². The summed E-state index contributed by atoms with van der Waals surface area (Å²) < 4.78 is 10.6. The number of benzene rings is 1. The third kappa shape index (κ3) is 4.67.